The maximum absolute atomic E-state index is 11.4. The lowest BCUT2D eigenvalue weighted by Crippen LogP contribution is -2.32. The molecule has 0 saturated carbocycles. The second-order valence-corrected chi connectivity index (χ2v) is 3.87. The van der Waals surface area contributed by atoms with Crippen LogP contribution >= 0.6 is 12.4 Å². The Labute approximate surface area is 118 Å². The van der Waals surface area contributed by atoms with Gasteiger partial charge in [-0.15, -0.1) is 12.4 Å². The minimum atomic E-state index is -0.601. The van der Waals surface area contributed by atoms with Crippen molar-refractivity contribution < 1.29 is 14.3 Å². The third-order valence-corrected chi connectivity index (χ3v) is 2.19. The van der Waals surface area contributed by atoms with E-state index in [-0.39, 0.29) is 24.2 Å². The molecule has 2 amide bonds. The number of nitrogens with one attached hydrogen (secondary N) is 2. The van der Waals surface area contributed by atoms with Gasteiger partial charge in [0.25, 0.3) is 0 Å². The Kier molecular flexibility index (Phi) is 6.89. The van der Waals surface area contributed by atoms with Gasteiger partial charge in [0.1, 0.15) is 5.75 Å². The molecule has 0 spiro atoms. The minimum Gasteiger partial charge on any atom is -0.495 e. The highest BCUT2D eigenvalue weighted by Crippen LogP contribution is 2.27. The third-order valence-electron chi connectivity index (χ3n) is 2.19. The van der Waals surface area contributed by atoms with Crippen molar-refractivity contribution in [1.29, 1.82) is 0 Å². The van der Waals surface area contributed by atoms with Crippen LogP contribution in [0.5, 0.6) is 5.75 Å². The van der Waals surface area contributed by atoms with E-state index in [0.717, 1.165) is 0 Å². The van der Waals surface area contributed by atoms with Gasteiger partial charge in [-0.3, -0.25) is 9.59 Å². The number of hydrogen-bond donors (Lipinski definition) is 3. The summed E-state index contributed by atoms with van der Waals surface area (Å²) in [6.45, 7) is 2.99. The highest BCUT2D eigenvalue weighted by Gasteiger charge is 2.10. The van der Waals surface area contributed by atoms with Gasteiger partial charge in [-0.05, 0) is 25.1 Å². The fourth-order valence-corrected chi connectivity index (χ4v) is 1.33. The van der Waals surface area contributed by atoms with Crippen LogP contribution in [0.15, 0.2) is 18.2 Å². The summed E-state index contributed by atoms with van der Waals surface area (Å²) in [6, 6.07) is 4.34. The molecule has 0 aromatic heterocycles. The SMILES string of the molecule is COc1ccc(NC(=O)C(C)N)cc1NC(C)=O.Cl. The Hall–Kier alpha value is -1.79. The normalized spacial score (nSPS) is 10.9. The zero-order chi connectivity index (χ0) is 13.7. The number of ether oxygens (including phenoxy) is 1. The molecular formula is C12H18ClN3O3. The number of halogens is 1. The molecule has 19 heavy (non-hydrogen) atoms. The summed E-state index contributed by atoms with van der Waals surface area (Å²) in [4.78, 5) is 22.5. The first-order valence-electron chi connectivity index (χ1n) is 5.46. The lowest BCUT2D eigenvalue weighted by molar-refractivity contribution is -0.117. The van der Waals surface area contributed by atoms with Crippen molar-refractivity contribution in [2.45, 2.75) is 19.9 Å². The largest absolute Gasteiger partial charge is 0.495 e. The molecule has 106 valence electrons. The van der Waals surface area contributed by atoms with Crippen molar-refractivity contribution >= 4 is 35.6 Å². The molecular weight excluding hydrogens is 270 g/mol. The minimum absolute atomic E-state index is 0. The van der Waals surface area contributed by atoms with Gasteiger partial charge in [-0.2, -0.15) is 0 Å². The zero-order valence-electron chi connectivity index (χ0n) is 11.0. The molecule has 1 aromatic carbocycles. The number of carbonyl (C=O) groups is 2. The van der Waals surface area contributed by atoms with E-state index in [9.17, 15) is 9.59 Å². The van der Waals surface area contributed by atoms with E-state index in [4.69, 9.17) is 10.5 Å². The molecule has 0 aliphatic rings. The molecule has 0 radical (unpaired) electrons. The van der Waals surface area contributed by atoms with Gasteiger partial charge in [0, 0.05) is 12.6 Å². The Morgan fingerprint density at radius 1 is 1.32 bits per heavy atom. The molecule has 7 heteroatoms. The second-order valence-electron chi connectivity index (χ2n) is 3.87. The summed E-state index contributed by atoms with van der Waals surface area (Å²) in [6.07, 6.45) is 0. The highest BCUT2D eigenvalue weighted by atomic mass is 35.5. The van der Waals surface area contributed by atoms with Crippen molar-refractivity contribution in [1.82, 2.24) is 0 Å². The van der Waals surface area contributed by atoms with Crippen molar-refractivity contribution in [3.8, 4) is 5.75 Å². The van der Waals surface area contributed by atoms with Crippen molar-refractivity contribution in [2.24, 2.45) is 5.73 Å². The third kappa shape index (κ3) is 5.15. The average Bonchev–Trinajstić information content (AvgIpc) is 2.28. The molecule has 6 nitrogen and oxygen atoms in total. The molecule has 1 unspecified atom stereocenters. The van der Waals surface area contributed by atoms with Crippen LogP contribution in [0.25, 0.3) is 0 Å². The van der Waals surface area contributed by atoms with Crippen LogP contribution in [0.3, 0.4) is 0 Å². The lowest BCUT2D eigenvalue weighted by atomic mass is 10.2. The van der Waals surface area contributed by atoms with E-state index in [1.165, 1.54) is 14.0 Å². The standard InChI is InChI=1S/C12H17N3O3.ClH/c1-7(13)12(17)15-9-4-5-11(18-3)10(6-9)14-8(2)16;/h4-7H,13H2,1-3H3,(H,14,16)(H,15,17);1H. The molecule has 0 saturated heterocycles. The van der Waals surface area contributed by atoms with Crippen LogP contribution in [0.1, 0.15) is 13.8 Å². The first-order valence-corrected chi connectivity index (χ1v) is 5.46. The molecule has 4 N–H and O–H groups in total. The van der Waals surface area contributed by atoms with Gasteiger partial charge in [0.05, 0.1) is 18.8 Å². The van der Waals surface area contributed by atoms with Crippen LogP contribution in [0, 0.1) is 0 Å². The number of rotatable bonds is 4. The Morgan fingerprint density at radius 3 is 2.42 bits per heavy atom. The first kappa shape index (κ1) is 17.2. The van der Waals surface area contributed by atoms with E-state index < -0.39 is 6.04 Å². The summed E-state index contributed by atoms with van der Waals surface area (Å²) in [5.74, 6) is 0.00177. The van der Waals surface area contributed by atoms with Crippen LogP contribution in [-0.2, 0) is 9.59 Å². The Balaban J connectivity index is 0.00000324. The molecule has 1 rings (SSSR count). The van der Waals surface area contributed by atoms with Crippen molar-refractivity contribution in [3.05, 3.63) is 18.2 Å². The van der Waals surface area contributed by atoms with Crippen molar-refractivity contribution in [3.63, 3.8) is 0 Å². The Morgan fingerprint density at radius 2 is 1.95 bits per heavy atom. The van der Waals surface area contributed by atoms with Crippen LogP contribution < -0.4 is 21.1 Å². The number of hydrogen-bond acceptors (Lipinski definition) is 4. The topological polar surface area (TPSA) is 93.4 Å². The zero-order valence-corrected chi connectivity index (χ0v) is 11.8. The summed E-state index contributed by atoms with van der Waals surface area (Å²) < 4.78 is 5.10. The van der Waals surface area contributed by atoms with Crippen LogP contribution in [0.2, 0.25) is 0 Å². The van der Waals surface area contributed by atoms with Crippen LogP contribution in [0.4, 0.5) is 11.4 Å². The average molecular weight is 288 g/mol. The fraction of sp³-hybridized carbons (Fsp3) is 0.333. The summed E-state index contributed by atoms with van der Waals surface area (Å²) in [5.41, 5.74) is 6.49. The molecule has 0 heterocycles. The second kappa shape index (κ2) is 7.60. The van der Waals surface area contributed by atoms with Gasteiger partial charge in [0.2, 0.25) is 11.8 Å². The van der Waals surface area contributed by atoms with E-state index >= 15 is 0 Å². The summed E-state index contributed by atoms with van der Waals surface area (Å²) >= 11 is 0. The van der Waals surface area contributed by atoms with Gasteiger partial charge in [0.15, 0.2) is 0 Å². The van der Waals surface area contributed by atoms with Gasteiger partial charge >= 0.3 is 0 Å². The first-order chi connectivity index (χ1) is 8.43. The van der Waals surface area contributed by atoms with Gasteiger partial charge < -0.3 is 21.1 Å². The van der Waals surface area contributed by atoms with E-state index in [2.05, 4.69) is 10.6 Å². The predicted octanol–water partition coefficient (Wildman–Crippen LogP) is 1.36. The number of carbonyl (C=O) groups excluding carboxylic acids is 2. The molecule has 0 fully saturated rings. The monoisotopic (exact) mass is 287 g/mol. The fourth-order valence-electron chi connectivity index (χ4n) is 1.33. The van der Waals surface area contributed by atoms with E-state index in [0.29, 0.717) is 17.1 Å². The summed E-state index contributed by atoms with van der Waals surface area (Å²) in [7, 11) is 1.50. The number of amides is 2. The maximum Gasteiger partial charge on any atom is 0.240 e. The lowest BCUT2D eigenvalue weighted by Gasteiger charge is -2.12. The smallest absolute Gasteiger partial charge is 0.240 e. The summed E-state index contributed by atoms with van der Waals surface area (Å²) in [5, 5.41) is 5.26. The van der Waals surface area contributed by atoms with E-state index in [1.807, 2.05) is 0 Å². The molecule has 0 aliphatic carbocycles. The van der Waals surface area contributed by atoms with Gasteiger partial charge in [-0.25, -0.2) is 0 Å². The predicted molar refractivity (Wildman–Crippen MR) is 76.8 cm³/mol. The maximum atomic E-state index is 11.4. The van der Waals surface area contributed by atoms with Gasteiger partial charge in [-0.1, -0.05) is 0 Å². The Bertz CT molecular complexity index is 464. The number of methoxy groups -OCH3 is 1. The number of anilines is 2. The van der Waals surface area contributed by atoms with Crippen molar-refractivity contribution in [2.75, 3.05) is 17.7 Å². The quantitative estimate of drug-likeness (QED) is 0.779. The molecule has 1 aromatic rings. The van der Waals surface area contributed by atoms with Crippen LogP contribution in [-0.4, -0.2) is 25.0 Å². The molecule has 1 atom stereocenters. The van der Waals surface area contributed by atoms with E-state index in [1.54, 1.807) is 25.1 Å². The molecule has 0 aliphatic heterocycles. The number of benzene rings is 1. The number of nitrogens with two attached hydrogens (primary N) is 1. The highest BCUT2D eigenvalue weighted by molar-refractivity contribution is 5.96. The molecule has 0 bridgehead atoms.